The van der Waals surface area contributed by atoms with Crippen LogP contribution in [0.2, 0.25) is 17.3 Å². The number of pyridine rings is 1. The Labute approximate surface area is 316 Å². The predicted octanol–water partition coefficient (Wildman–Crippen LogP) is 11.3. The molecule has 1 aliphatic heterocycles. The van der Waals surface area contributed by atoms with Gasteiger partial charge in [0.15, 0.2) is 0 Å². The fourth-order valence-electron chi connectivity index (χ4n) is 6.35. The van der Waals surface area contributed by atoms with Crippen molar-refractivity contribution in [2.24, 2.45) is 4.99 Å². The molecule has 0 fully saturated rings. The maximum absolute atomic E-state index is 7.35. The average Bonchev–Trinajstić information content (AvgIpc) is 3.70. The van der Waals surface area contributed by atoms with Crippen molar-refractivity contribution in [3.63, 3.8) is 0 Å². The van der Waals surface area contributed by atoms with Gasteiger partial charge in [-0.3, -0.25) is 4.99 Å². The Balaban J connectivity index is 0.000000199. The first-order valence-corrected chi connectivity index (χ1v) is 24.1. The van der Waals surface area contributed by atoms with Gasteiger partial charge in [0, 0.05) is 31.4 Å². The summed E-state index contributed by atoms with van der Waals surface area (Å²) in [6.07, 6.45) is 1.95. The van der Waals surface area contributed by atoms with Crippen LogP contribution in [0.3, 0.4) is 0 Å². The molecule has 0 N–H and O–H groups in total. The molecule has 0 saturated heterocycles. The van der Waals surface area contributed by atoms with Gasteiger partial charge < -0.3 is 4.42 Å². The van der Waals surface area contributed by atoms with Crippen LogP contribution in [0, 0.1) is 19.0 Å². The van der Waals surface area contributed by atoms with E-state index in [4.69, 9.17) is 13.5 Å². The third-order valence-corrected chi connectivity index (χ3v) is 13.4. The number of aryl methyl sites for hydroxylation is 1. The second-order valence-corrected chi connectivity index (χ2v) is 25.4. The van der Waals surface area contributed by atoms with Crippen LogP contribution in [-0.2, 0) is 25.5 Å². The van der Waals surface area contributed by atoms with Crippen molar-refractivity contribution in [1.82, 2.24) is 4.98 Å². The molecule has 50 heavy (non-hydrogen) atoms. The normalized spacial score (nSPS) is 15.2. The number of nitrogens with zero attached hydrogens (tertiary/aromatic N) is 2. The second kappa shape index (κ2) is 14.3. The average molecular weight is 895 g/mol. The minimum Gasteiger partial charge on any atom is 0 e. The quantitative estimate of drug-likeness (QED) is 0.130. The number of fused-ring (bicyclic) bond motifs is 4. The fourth-order valence-corrected chi connectivity index (χ4v) is 8.52. The summed E-state index contributed by atoms with van der Waals surface area (Å²) in [5.74, 6) is 7.03. The second-order valence-electron chi connectivity index (χ2n) is 14.7. The van der Waals surface area contributed by atoms with E-state index in [1.54, 1.807) is 12.1 Å². The van der Waals surface area contributed by atoms with Crippen LogP contribution in [0.4, 0.5) is 5.69 Å². The van der Waals surface area contributed by atoms with Crippen molar-refractivity contribution in [2.75, 3.05) is 0 Å². The summed E-state index contributed by atoms with van der Waals surface area (Å²) in [5.41, 5.74) is 10.6. The smallest absolute Gasteiger partial charge is 0 e. The molecule has 0 saturated carbocycles. The van der Waals surface area contributed by atoms with Gasteiger partial charge in [-0.1, -0.05) is 92.4 Å². The summed E-state index contributed by atoms with van der Waals surface area (Å²) in [4.78, 5) is 9.58. The van der Waals surface area contributed by atoms with E-state index in [-0.39, 0.29) is 31.4 Å². The molecule has 3 heterocycles. The zero-order valence-electron chi connectivity index (χ0n) is 32.3. The van der Waals surface area contributed by atoms with Crippen molar-refractivity contribution in [1.29, 1.82) is 0 Å². The maximum Gasteiger partial charge on any atom is 0 e. The van der Waals surface area contributed by atoms with Crippen molar-refractivity contribution >= 4 is 51.0 Å². The molecule has 1 unspecified atom stereocenters. The van der Waals surface area contributed by atoms with E-state index < -0.39 is 20.1 Å². The molecule has 0 bridgehead atoms. The summed E-state index contributed by atoms with van der Waals surface area (Å²) in [6, 6.07) is 45.2. The zero-order chi connectivity index (χ0) is 36.8. The first-order chi connectivity index (χ1) is 24.7. The molecule has 2 aromatic heterocycles. The van der Waals surface area contributed by atoms with E-state index in [9.17, 15) is 0 Å². The molecule has 5 aromatic carbocycles. The molecular weight excluding hydrogens is 849 g/mol. The van der Waals surface area contributed by atoms with Gasteiger partial charge in [0.2, 0.25) is 0 Å². The van der Waals surface area contributed by atoms with Gasteiger partial charge in [-0.25, -0.2) is 0 Å². The molecule has 0 spiro atoms. The Morgan fingerprint density at radius 2 is 1.56 bits per heavy atom. The number of rotatable bonds is 4. The SMILES string of the molecule is CC(C)(C)c1ccc(C2C(c3[c-]ccc4c3oc3ccccc34)=Nc3ccccc32)cc1.[2H]C([2H])([2H])c1c[c-]c(-c2cc[c]([Ge]([CH3])([CH3])[CH3])cn2)cc1.[Ir]. The largest absolute Gasteiger partial charge is 0 e. The minimum atomic E-state index is -2.08. The Kier molecular flexibility index (Phi) is 9.09. The number of furan rings is 1. The van der Waals surface area contributed by atoms with Crippen LogP contribution in [-0.4, -0.2) is 24.0 Å². The number of para-hydroxylation sites is 2. The van der Waals surface area contributed by atoms with E-state index in [1.165, 1.54) is 27.2 Å². The van der Waals surface area contributed by atoms with Gasteiger partial charge in [-0.2, -0.15) is 0 Å². The van der Waals surface area contributed by atoms with E-state index in [1.807, 2.05) is 30.5 Å². The number of aliphatic imine (C=N–C) groups is 1. The summed E-state index contributed by atoms with van der Waals surface area (Å²) >= 11 is -1.83. The Bertz CT molecular complexity index is 2350. The summed E-state index contributed by atoms with van der Waals surface area (Å²) in [5, 5.41) is 2.23. The molecule has 253 valence electrons. The zero-order valence-corrected chi connectivity index (χ0v) is 33.8. The van der Waals surface area contributed by atoms with E-state index in [0.717, 1.165) is 50.2 Å². The van der Waals surface area contributed by atoms with Crippen molar-refractivity contribution in [3.05, 3.63) is 161 Å². The third-order valence-electron chi connectivity index (χ3n) is 9.19. The van der Waals surface area contributed by atoms with E-state index >= 15 is 0 Å². The number of hydrogen-bond donors (Lipinski definition) is 0. The van der Waals surface area contributed by atoms with Gasteiger partial charge in [0.05, 0.1) is 11.3 Å². The molecule has 0 amide bonds. The van der Waals surface area contributed by atoms with Crippen LogP contribution >= 0.6 is 0 Å². The summed E-state index contributed by atoms with van der Waals surface area (Å²) in [6.45, 7) is 4.66. The van der Waals surface area contributed by atoms with Gasteiger partial charge in [0.1, 0.15) is 5.58 Å². The van der Waals surface area contributed by atoms with Gasteiger partial charge in [-0.15, -0.1) is 18.2 Å². The first-order valence-electron chi connectivity index (χ1n) is 18.3. The van der Waals surface area contributed by atoms with Gasteiger partial charge >= 0.3 is 110 Å². The van der Waals surface area contributed by atoms with Crippen LogP contribution in [0.15, 0.2) is 131 Å². The van der Waals surface area contributed by atoms with Gasteiger partial charge in [0.25, 0.3) is 0 Å². The molecule has 5 heteroatoms. The first kappa shape index (κ1) is 31.9. The standard InChI is InChI=1S/C30H24NO.C15H18GeN.Ir/c1-30(2,3)20-17-15-19(16-18-20)27-23-10-4-6-13-25(23)31-28(27)24-12-8-11-22-21-9-5-7-14-26(21)32-29(22)24;1-12-5-7-13(8-6-12)15-10-9-14(11-17-15)16(2,3)4;/h4-11,13-18,27H,1-3H3;5-7,9-11H,1-4H3;/q2*-1;/i;1D3;. The van der Waals surface area contributed by atoms with Crippen LogP contribution < -0.4 is 4.40 Å². The summed E-state index contributed by atoms with van der Waals surface area (Å²) in [7, 11) is 0. The number of hydrogen-bond acceptors (Lipinski definition) is 3. The Morgan fingerprint density at radius 3 is 2.24 bits per heavy atom. The molecule has 7 aromatic rings. The molecule has 0 aliphatic carbocycles. The topological polar surface area (TPSA) is 38.4 Å². The number of benzene rings is 5. The summed E-state index contributed by atoms with van der Waals surface area (Å²) < 4.78 is 29.7. The predicted molar refractivity (Wildman–Crippen MR) is 208 cm³/mol. The van der Waals surface area contributed by atoms with Crippen molar-refractivity contribution < 1.29 is 28.6 Å². The third kappa shape index (κ3) is 7.21. The van der Waals surface area contributed by atoms with Crippen LogP contribution in [0.1, 0.15) is 58.6 Å². The minimum absolute atomic E-state index is 0. The van der Waals surface area contributed by atoms with Gasteiger partial charge in [-0.05, 0) is 39.9 Å². The maximum atomic E-state index is 7.35. The Hall–Kier alpha value is -4.09. The molecule has 1 radical (unpaired) electrons. The molecule has 1 atom stereocenters. The molecule has 3 nitrogen and oxygen atoms in total. The van der Waals surface area contributed by atoms with E-state index in [0.29, 0.717) is 5.56 Å². The van der Waals surface area contributed by atoms with Crippen LogP contribution in [0.5, 0.6) is 0 Å². The molecular formula is C45H42GeIrN2O-2. The van der Waals surface area contributed by atoms with Crippen molar-refractivity contribution in [2.45, 2.75) is 56.2 Å². The fraction of sp³-hybridized carbons (Fsp3) is 0.200. The molecule has 1 aliphatic rings. The van der Waals surface area contributed by atoms with E-state index in [2.05, 4.69) is 128 Å². The Morgan fingerprint density at radius 1 is 0.800 bits per heavy atom. The number of aromatic nitrogens is 1. The monoisotopic (exact) mass is 896 g/mol. The van der Waals surface area contributed by atoms with Crippen LogP contribution in [0.25, 0.3) is 33.2 Å². The van der Waals surface area contributed by atoms with Crippen molar-refractivity contribution in [3.8, 4) is 11.3 Å². The molecule has 8 rings (SSSR count).